The van der Waals surface area contributed by atoms with E-state index in [1.54, 1.807) is 26.2 Å². The van der Waals surface area contributed by atoms with Gasteiger partial charge in [-0.3, -0.25) is 9.59 Å². The Hall–Kier alpha value is -1.10. The minimum absolute atomic E-state index is 0.180. The van der Waals surface area contributed by atoms with Gasteiger partial charge >= 0.3 is 5.97 Å². The van der Waals surface area contributed by atoms with Crippen LogP contribution in [0.15, 0.2) is 12.1 Å². The second-order valence-corrected chi connectivity index (χ2v) is 7.59. The van der Waals surface area contributed by atoms with E-state index in [2.05, 4.69) is 0 Å². The molecular weight excluding hydrogens is 351 g/mol. The maximum absolute atomic E-state index is 13.2. The highest BCUT2D eigenvalue weighted by Crippen LogP contribution is 2.47. The number of carbonyl (C=O) groups excluding carboxylic acids is 2. The summed E-state index contributed by atoms with van der Waals surface area (Å²) in [6.45, 7) is 2.37. The minimum Gasteiger partial charge on any atom is -0.450 e. The van der Waals surface area contributed by atoms with Crippen molar-refractivity contribution in [2.24, 2.45) is 5.92 Å². The zero-order chi connectivity index (χ0) is 17.5. The summed E-state index contributed by atoms with van der Waals surface area (Å²) >= 11 is 12.3. The SMILES string of the molecule is COCC1CCCC2(C1)OC(=O)C(c1c(C)cc(Cl)cc1Cl)C2=O. The van der Waals surface area contributed by atoms with E-state index in [0.717, 1.165) is 18.4 Å². The number of ketones is 1. The van der Waals surface area contributed by atoms with Crippen LogP contribution >= 0.6 is 23.2 Å². The van der Waals surface area contributed by atoms with Crippen molar-refractivity contribution in [1.29, 1.82) is 0 Å². The molecule has 4 nitrogen and oxygen atoms in total. The molecule has 2 fully saturated rings. The molecule has 1 spiro atoms. The van der Waals surface area contributed by atoms with E-state index < -0.39 is 17.5 Å². The Labute approximate surface area is 151 Å². The Morgan fingerprint density at radius 3 is 2.75 bits per heavy atom. The average Bonchev–Trinajstić information content (AvgIpc) is 2.71. The molecule has 0 radical (unpaired) electrons. The van der Waals surface area contributed by atoms with Gasteiger partial charge in [-0.25, -0.2) is 0 Å². The number of Topliss-reactive ketones (excluding diaryl/α,β-unsaturated/α-hetero) is 1. The molecule has 3 atom stereocenters. The Morgan fingerprint density at radius 1 is 1.33 bits per heavy atom. The first-order valence-corrected chi connectivity index (χ1v) is 8.85. The first-order valence-electron chi connectivity index (χ1n) is 8.09. The van der Waals surface area contributed by atoms with Gasteiger partial charge in [0.05, 0.1) is 0 Å². The van der Waals surface area contributed by atoms with Gasteiger partial charge < -0.3 is 9.47 Å². The van der Waals surface area contributed by atoms with E-state index in [0.29, 0.717) is 35.1 Å². The number of esters is 1. The molecule has 1 saturated heterocycles. The van der Waals surface area contributed by atoms with Gasteiger partial charge in [-0.1, -0.05) is 23.2 Å². The Balaban J connectivity index is 1.95. The molecule has 1 heterocycles. The van der Waals surface area contributed by atoms with Gasteiger partial charge in [0, 0.05) is 23.8 Å². The molecule has 2 aliphatic rings. The molecule has 0 amide bonds. The number of hydrogen-bond acceptors (Lipinski definition) is 4. The van der Waals surface area contributed by atoms with Gasteiger partial charge in [-0.05, 0) is 61.8 Å². The maximum atomic E-state index is 13.2. The van der Waals surface area contributed by atoms with Crippen LogP contribution < -0.4 is 0 Å². The predicted octanol–water partition coefficient (Wildman–Crippen LogP) is 4.09. The van der Waals surface area contributed by atoms with Gasteiger partial charge in [0.25, 0.3) is 0 Å². The van der Waals surface area contributed by atoms with Crippen LogP contribution in [0.25, 0.3) is 0 Å². The largest absolute Gasteiger partial charge is 0.450 e. The number of hydrogen-bond donors (Lipinski definition) is 0. The molecular formula is C18H20Cl2O4. The molecule has 24 heavy (non-hydrogen) atoms. The fraction of sp³-hybridized carbons (Fsp3) is 0.556. The topological polar surface area (TPSA) is 52.6 Å². The number of ether oxygens (including phenoxy) is 2. The monoisotopic (exact) mass is 370 g/mol. The molecule has 3 unspecified atom stereocenters. The fourth-order valence-electron chi connectivity index (χ4n) is 4.04. The summed E-state index contributed by atoms with van der Waals surface area (Å²) in [5.74, 6) is -1.43. The van der Waals surface area contributed by atoms with E-state index in [1.165, 1.54) is 0 Å². The maximum Gasteiger partial charge on any atom is 0.322 e. The predicted molar refractivity (Wildman–Crippen MR) is 91.6 cm³/mol. The van der Waals surface area contributed by atoms with E-state index in [9.17, 15) is 9.59 Å². The molecule has 6 heteroatoms. The molecule has 0 aromatic heterocycles. The normalized spacial score (nSPS) is 30.0. The quantitative estimate of drug-likeness (QED) is 0.593. The van der Waals surface area contributed by atoms with Crippen molar-refractivity contribution < 1.29 is 19.1 Å². The molecule has 3 rings (SSSR count). The average molecular weight is 371 g/mol. The van der Waals surface area contributed by atoms with Crippen LogP contribution in [0.2, 0.25) is 10.0 Å². The molecule has 1 saturated carbocycles. The van der Waals surface area contributed by atoms with E-state index in [-0.39, 0.29) is 11.7 Å². The first kappa shape index (κ1) is 17.7. The summed E-state index contributed by atoms with van der Waals surface area (Å²) in [6.07, 6.45) is 2.91. The number of carbonyl (C=O) groups is 2. The Kier molecular flexibility index (Phi) is 4.92. The van der Waals surface area contributed by atoms with Crippen LogP contribution in [0.5, 0.6) is 0 Å². The number of rotatable bonds is 3. The molecule has 1 aliphatic carbocycles. The zero-order valence-electron chi connectivity index (χ0n) is 13.7. The van der Waals surface area contributed by atoms with Crippen LogP contribution in [0.3, 0.4) is 0 Å². The first-order chi connectivity index (χ1) is 11.4. The van der Waals surface area contributed by atoms with E-state index >= 15 is 0 Å². The van der Waals surface area contributed by atoms with Gasteiger partial charge in [0.2, 0.25) is 0 Å². The smallest absolute Gasteiger partial charge is 0.322 e. The van der Waals surface area contributed by atoms with Crippen molar-refractivity contribution in [3.05, 3.63) is 33.3 Å². The van der Waals surface area contributed by atoms with E-state index in [1.807, 2.05) is 0 Å². The zero-order valence-corrected chi connectivity index (χ0v) is 15.2. The highest BCUT2D eigenvalue weighted by atomic mass is 35.5. The second kappa shape index (κ2) is 6.66. The van der Waals surface area contributed by atoms with Crippen molar-refractivity contribution in [3.8, 4) is 0 Å². The van der Waals surface area contributed by atoms with Gasteiger partial charge in [-0.2, -0.15) is 0 Å². The van der Waals surface area contributed by atoms with Crippen LogP contribution in [0, 0.1) is 12.8 Å². The molecule has 1 aromatic carbocycles. The lowest BCUT2D eigenvalue weighted by atomic mass is 9.73. The molecule has 1 aromatic rings. The number of aryl methyl sites for hydroxylation is 1. The minimum atomic E-state index is -1.03. The Bertz CT molecular complexity index is 663. The van der Waals surface area contributed by atoms with Crippen molar-refractivity contribution in [2.75, 3.05) is 13.7 Å². The Morgan fingerprint density at radius 2 is 2.08 bits per heavy atom. The summed E-state index contributed by atoms with van der Waals surface area (Å²) in [5.41, 5.74) is 0.212. The van der Waals surface area contributed by atoms with Crippen molar-refractivity contribution in [1.82, 2.24) is 0 Å². The molecule has 0 N–H and O–H groups in total. The summed E-state index contributed by atoms with van der Waals surface area (Å²) in [7, 11) is 1.64. The lowest BCUT2D eigenvalue weighted by molar-refractivity contribution is -0.157. The third-order valence-corrected chi connectivity index (χ3v) is 5.58. The molecule has 1 aliphatic heterocycles. The third kappa shape index (κ3) is 2.96. The third-order valence-electron chi connectivity index (χ3n) is 5.05. The van der Waals surface area contributed by atoms with Gasteiger partial charge in [0.15, 0.2) is 11.4 Å². The van der Waals surface area contributed by atoms with Crippen LogP contribution in [0.4, 0.5) is 0 Å². The van der Waals surface area contributed by atoms with Crippen LogP contribution in [-0.4, -0.2) is 31.1 Å². The lowest BCUT2D eigenvalue weighted by Gasteiger charge is -2.35. The van der Waals surface area contributed by atoms with Crippen molar-refractivity contribution in [3.63, 3.8) is 0 Å². The van der Waals surface area contributed by atoms with Crippen LogP contribution in [-0.2, 0) is 19.1 Å². The molecule has 0 bridgehead atoms. The second-order valence-electron chi connectivity index (χ2n) is 6.75. The summed E-state index contributed by atoms with van der Waals surface area (Å²) in [4.78, 5) is 25.7. The van der Waals surface area contributed by atoms with Crippen LogP contribution in [0.1, 0.15) is 42.7 Å². The van der Waals surface area contributed by atoms with Gasteiger partial charge in [0.1, 0.15) is 5.92 Å². The number of methoxy groups -OCH3 is 1. The van der Waals surface area contributed by atoms with Crippen molar-refractivity contribution in [2.45, 2.75) is 44.1 Å². The van der Waals surface area contributed by atoms with Crippen molar-refractivity contribution >= 4 is 35.0 Å². The summed E-state index contributed by atoms with van der Waals surface area (Å²) < 4.78 is 10.9. The summed E-state index contributed by atoms with van der Waals surface area (Å²) in [5, 5.41) is 0.809. The molecule has 130 valence electrons. The number of halogens is 2. The van der Waals surface area contributed by atoms with E-state index in [4.69, 9.17) is 32.7 Å². The fourth-order valence-corrected chi connectivity index (χ4v) is 4.75. The van der Waals surface area contributed by atoms with Gasteiger partial charge in [-0.15, -0.1) is 0 Å². The number of benzene rings is 1. The highest BCUT2D eigenvalue weighted by molar-refractivity contribution is 6.36. The standard InChI is InChI=1S/C18H20Cl2O4/c1-10-6-12(19)7-13(20)14(10)15-16(21)18(24-17(15)22)5-3-4-11(8-18)9-23-2/h6-7,11,15H,3-5,8-9H2,1-2H3. The highest BCUT2D eigenvalue weighted by Gasteiger charge is 2.57. The summed E-state index contributed by atoms with van der Waals surface area (Å²) in [6, 6.07) is 3.27. The lowest BCUT2D eigenvalue weighted by Crippen LogP contribution is -2.43.